The van der Waals surface area contributed by atoms with Gasteiger partial charge in [-0.1, -0.05) is 12.2 Å². The minimum Gasteiger partial charge on any atom is -0.351 e. The third kappa shape index (κ3) is 2.84. The highest BCUT2D eigenvalue weighted by Crippen LogP contribution is 2.12. The molecule has 2 aliphatic rings. The maximum absolute atomic E-state index is 11.9. The Kier molecular flexibility index (Phi) is 3.59. The topological polar surface area (TPSA) is 58.2 Å². The lowest BCUT2D eigenvalue weighted by molar-refractivity contribution is -0.131. The van der Waals surface area contributed by atoms with E-state index in [-0.39, 0.29) is 23.9 Å². The van der Waals surface area contributed by atoms with Crippen LogP contribution in [0.15, 0.2) is 12.2 Å². The number of amides is 2. The Morgan fingerprint density at radius 3 is 2.94 bits per heavy atom. The molecule has 0 bridgehead atoms. The smallest absolute Gasteiger partial charge is 0.242 e. The third-order valence-electron chi connectivity index (χ3n) is 3.16. The van der Waals surface area contributed by atoms with Crippen LogP contribution >= 0.6 is 0 Å². The molecule has 1 unspecified atom stereocenters. The van der Waals surface area contributed by atoms with Crippen molar-refractivity contribution in [2.24, 2.45) is 0 Å². The molecule has 2 amide bonds. The van der Waals surface area contributed by atoms with E-state index in [2.05, 4.69) is 22.8 Å². The molecule has 1 aliphatic heterocycles. The van der Waals surface area contributed by atoms with Gasteiger partial charge in [-0.25, -0.2) is 0 Å². The second-order valence-electron chi connectivity index (χ2n) is 4.50. The molecule has 0 aromatic heterocycles. The summed E-state index contributed by atoms with van der Waals surface area (Å²) in [6, 6.07) is -0.0662. The molecule has 0 aromatic rings. The molecule has 2 N–H and O–H groups in total. The summed E-state index contributed by atoms with van der Waals surface area (Å²) in [6.45, 7) is 0. The standard InChI is InChI=1S/C12H18N2O2/c15-11-8-4-7-10(14-11)12(16)13-9-5-2-1-3-6-9/h1-2,9-10H,3-8H2,(H,13,16)(H,14,15)/t9?,10-/m1/s1. The summed E-state index contributed by atoms with van der Waals surface area (Å²) in [5.41, 5.74) is 0. The largest absolute Gasteiger partial charge is 0.351 e. The highest BCUT2D eigenvalue weighted by atomic mass is 16.2. The van der Waals surface area contributed by atoms with Crippen molar-refractivity contribution < 1.29 is 9.59 Å². The van der Waals surface area contributed by atoms with Crippen molar-refractivity contribution in [3.8, 4) is 0 Å². The summed E-state index contributed by atoms with van der Waals surface area (Å²) in [6.07, 6.45) is 9.32. The van der Waals surface area contributed by atoms with Gasteiger partial charge in [0.2, 0.25) is 11.8 Å². The zero-order chi connectivity index (χ0) is 11.4. The molecule has 4 heteroatoms. The minimum absolute atomic E-state index is 0.00469. The van der Waals surface area contributed by atoms with Crippen LogP contribution in [0.2, 0.25) is 0 Å². The summed E-state index contributed by atoms with van der Waals surface area (Å²) >= 11 is 0. The molecule has 0 aromatic carbocycles. The zero-order valence-corrected chi connectivity index (χ0v) is 9.37. The van der Waals surface area contributed by atoms with E-state index in [4.69, 9.17) is 0 Å². The predicted octanol–water partition coefficient (Wildman–Crippen LogP) is 0.880. The van der Waals surface area contributed by atoms with Gasteiger partial charge in [0.1, 0.15) is 6.04 Å². The molecule has 0 radical (unpaired) electrons. The van der Waals surface area contributed by atoms with Crippen molar-refractivity contribution in [2.75, 3.05) is 0 Å². The Hall–Kier alpha value is -1.32. The van der Waals surface area contributed by atoms with E-state index in [1.807, 2.05) is 0 Å². The Labute approximate surface area is 95.5 Å². The molecule has 1 saturated heterocycles. The van der Waals surface area contributed by atoms with Gasteiger partial charge in [-0.05, 0) is 32.1 Å². The van der Waals surface area contributed by atoms with E-state index in [1.165, 1.54) is 0 Å². The second-order valence-corrected chi connectivity index (χ2v) is 4.50. The number of carbonyl (C=O) groups is 2. The maximum atomic E-state index is 11.9. The van der Waals surface area contributed by atoms with Crippen LogP contribution in [0.5, 0.6) is 0 Å². The molecule has 16 heavy (non-hydrogen) atoms. The number of allylic oxidation sites excluding steroid dienone is 1. The van der Waals surface area contributed by atoms with Gasteiger partial charge < -0.3 is 10.6 Å². The van der Waals surface area contributed by atoms with Crippen LogP contribution in [0.25, 0.3) is 0 Å². The van der Waals surface area contributed by atoms with E-state index in [0.717, 1.165) is 32.1 Å². The maximum Gasteiger partial charge on any atom is 0.242 e. The van der Waals surface area contributed by atoms with Crippen LogP contribution in [0.3, 0.4) is 0 Å². The average molecular weight is 222 g/mol. The molecule has 1 aliphatic carbocycles. The highest BCUT2D eigenvalue weighted by Gasteiger charge is 2.26. The number of carbonyl (C=O) groups excluding carboxylic acids is 2. The Balaban J connectivity index is 1.82. The van der Waals surface area contributed by atoms with Gasteiger partial charge in [0, 0.05) is 12.5 Å². The molecular formula is C12H18N2O2. The quantitative estimate of drug-likeness (QED) is 0.681. The van der Waals surface area contributed by atoms with Crippen LogP contribution in [-0.4, -0.2) is 23.9 Å². The monoisotopic (exact) mass is 222 g/mol. The van der Waals surface area contributed by atoms with Crippen LogP contribution < -0.4 is 10.6 Å². The molecule has 2 atom stereocenters. The van der Waals surface area contributed by atoms with Crippen molar-refractivity contribution >= 4 is 11.8 Å². The molecule has 1 fully saturated rings. The van der Waals surface area contributed by atoms with Crippen molar-refractivity contribution in [3.63, 3.8) is 0 Å². The SMILES string of the molecule is O=C1CCC[C@H](C(=O)NC2CC=CCC2)N1. The molecule has 4 nitrogen and oxygen atoms in total. The fourth-order valence-corrected chi connectivity index (χ4v) is 2.23. The van der Waals surface area contributed by atoms with Crippen LogP contribution in [0.1, 0.15) is 38.5 Å². The molecule has 0 spiro atoms. The van der Waals surface area contributed by atoms with Crippen molar-refractivity contribution in [3.05, 3.63) is 12.2 Å². The lowest BCUT2D eigenvalue weighted by atomic mass is 9.99. The average Bonchev–Trinajstić information content (AvgIpc) is 2.30. The first-order valence-electron chi connectivity index (χ1n) is 6.00. The van der Waals surface area contributed by atoms with Crippen molar-refractivity contribution in [1.82, 2.24) is 10.6 Å². The summed E-state index contributed by atoms with van der Waals surface area (Å²) in [5.74, 6) is -0.0247. The Morgan fingerprint density at radius 2 is 2.25 bits per heavy atom. The molecular weight excluding hydrogens is 204 g/mol. The number of nitrogens with one attached hydrogen (secondary N) is 2. The number of piperidine rings is 1. The summed E-state index contributed by atoms with van der Waals surface area (Å²) in [4.78, 5) is 23.0. The van der Waals surface area contributed by atoms with Gasteiger partial charge in [0.05, 0.1) is 0 Å². The lowest BCUT2D eigenvalue weighted by Gasteiger charge is -2.26. The molecule has 0 saturated carbocycles. The molecule has 88 valence electrons. The van der Waals surface area contributed by atoms with Gasteiger partial charge in [-0.2, -0.15) is 0 Å². The zero-order valence-electron chi connectivity index (χ0n) is 9.37. The lowest BCUT2D eigenvalue weighted by Crippen LogP contribution is -2.51. The van der Waals surface area contributed by atoms with E-state index in [1.54, 1.807) is 0 Å². The summed E-state index contributed by atoms with van der Waals surface area (Å²) in [7, 11) is 0. The predicted molar refractivity (Wildman–Crippen MR) is 60.7 cm³/mol. The Bertz CT molecular complexity index is 312. The summed E-state index contributed by atoms with van der Waals surface area (Å²) < 4.78 is 0. The highest BCUT2D eigenvalue weighted by molar-refractivity contribution is 5.88. The first-order chi connectivity index (χ1) is 7.75. The number of rotatable bonds is 2. The Morgan fingerprint density at radius 1 is 1.38 bits per heavy atom. The first-order valence-corrected chi connectivity index (χ1v) is 6.00. The van der Waals surface area contributed by atoms with Gasteiger partial charge in [-0.15, -0.1) is 0 Å². The van der Waals surface area contributed by atoms with E-state index in [0.29, 0.717) is 6.42 Å². The normalized spacial score (nSPS) is 29.6. The number of hydrogen-bond donors (Lipinski definition) is 2. The van der Waals surface area contributed by atoms with Gasteiger partial charge in [-0.3, -0.25) is 9.59 Å². The summed E-state index contributed by atoms with van der Waals surface area (Å²) in [5, 5.41) is 5.74. The van der Waals surface area contributed by atoms with Crippen molar-refractivity contribution in [1.29, 1.82) is 0 Å². The van der Waals surface area contributed by atoms with Gasteiger partial charge >= 0.3 is 0 Å². The third-order valence-corrected chi connectivity index (χ3v) is 3.16. The van der Waals surface area contributed by atoms with E-state index in [9.17, 15) is 9.59 Å². The minimum atomic E-state index is -0.313. The second kappa shape index (κ2) is 5.14. The van der Waals surface area contributed by atoms with E-state index < -0.39 is 0 Å². The van der Waals surface area contributed by atoms with Gasteiger partial charge in [0.15, 0.2) is 0 Å². The van der Waals surface area contributed by atoms with Gasteiger partial charge in [0.25, 0.3) is 0 Å². The van der Waals surface area contributed by atoms with Crippen LogP contribution in [-0.2, 0) is 9.59 Å². The van der Waals surface area contributed by atoms with Crippen LogP contribution in [0, 0.1) is 0 Å². The molecule has 1 heterocycles. The molecule has 2 rings (SSSR count). The van der Waals surface area contributed by atoms with Crippen LogP contribution in [0.4, 0.5) is 0 Å². The first kappa shape index (κ1) is 11.2. The fraction of sp³-hybridized carbons (Fsp3) is 0.667. The number of hydrogen-bond acceptors (Lipinski definition) is 2. The van der Waals surface area contributed by atoms with Crippen molar-refractivity contribution in [2.45, 2.75) is 50.6 Å². The van der Waals surface area contributed by atoms with E-state index >= 15 is 0 Å². The fourth-order valence-electron chi connectivity index (χ4n) is 2.23.